The van der Waals surface area contributed by atoms with E-state index < -0.39 is 0 Å². The van der Waals surface area contributed by atoms with Crippen molar-refractivity contribution in [1.82, 2.24) is 19.8 Å². The van der Waals surface area contributed by atoms with E-state index in [1.54, 1.807) is 12.1 Å². The zero-order chi connectivity index (χ0) is 35.1. The van der Waals surface area contributed by atoms with Gasteiger partial charge in [-0.2, -0.15) is 0 Å². The molecule has 8 nitrogen and oxygen atoms in total. The summed E-state index contributed by atoms with van der Waals surface area (Å²) in [5.41, 5.74) is 7.76. The lowest BCUT2D eigenvalue weighted by molar-refractivity contribution is 0.101. The summed E-state index contributed by atoms with van der Waals surface area (Å²) < 4.78 is 0. The molecule has 2 saturated carbocycles. The molecule has 264 valence electrons. The van der Waals surface area contributed by atoms with Crippen LogP contribution in [0.1, 0.15) is 107 Å². The molecule has 3 fully saturated rings. The third kappa shape index (κ3) is 7.29. The Kier molecular flexibility index (Phi) is 9.85. The number of anilines is 2. The van der Waals surface area contributed by atoms with Crippen LogP contribution in [0.25, 0.3) is 11.1 Å². The second kappa shape index (κ2) is 14.7. The highest BCUT2D eigenvalue weighted by atomic mass is 35.5. The first kappa shape index (κ1) is 34.3. The minimum absolute atomic E-state index is 0.311. The molecule has 1 saturated heterocycles. The summed E-state index contributed by atoms with van der Waals surface area (Å²) in [7, 11) is 0. The van der Waals surface area contributed by atoms with Crippen LogP contribution in [0.4, 0.5) is 11.4 Å². The Morgan fingerprint density at radius 3 is 2.08 bits per heavy atom. The highest BCUT2D eigenvalue weighted by molar-refractivity contribution is 6.40. The fourth-order valence-corrected chi connectivity index (χ4v) is 8.39. The standard InChI is InChI=1S/C41H44Cl2N6O2/c1-25-7-2-3-17-48(25)24-29-22-45-37(20-33(29)26-14-15-26)41(51)47-35-13-6-11-32(39(35)43)31-10-5-12-34(38(31)42)46-40(50)36-19-27-16-18-49(30-8-4-9-30)23-28(27)21-44-36/h5-6,10-13,19-22,25-26,30H,2-4,7-9,14-18,23-24H2,1H3,(H,46,50)(H,47,51)/t25-/m1/s1. The zero-order valence-corrected chi connectivity index (χ0v) is 30.6. The van der Waals surface area contributed by atoms with Gasteiger partial charge in [-0.3, -0.25) is 29.4 Å². The predicted octanol–water partition coefficient (Wildman–Crippen LogP) is 9.12. The number of hydrogen-bond donors (Lipinski definition) is 2. The summed E-state index contributed by atoms with van der Waals surface area (Å²) in [6.07, 6.45) is 14.6. The molecule has 2 N–H and O–H groups in total. The van der Waals surface area contributed by atoms with Crippen molar-refractivity contribution in [2.75, 3.05) is 23.7 Å². The number of carbonyl (C=O) groups excluding carboxylic acids is 2. The number of nitrogens with zero attached hydrogens (tertiary/aromatic N) is 4. The SMILES string of the molecule is C[C@@H]1CCCCN1Cc1cnc(C(=O)Nc2cccc(-c3cccc(NC(=O)c4cc5c(cn4)CN(C4CCC4)CC5)c3Cl)c2Cl)cc1C1CC1. The summed E-state index contributed by atoms with van der Waals surface area (Å²) in [5.74, 6) is -0.142. The minimum atomic E-state index is -0.320. The fourth-order valence-electron chi connectivity index (χ4n) is 7.84. The largest absolute Gasteiger partial charge is 0.319 e. The van der Waals surface area contributed by atoms with E-state index in [1.165, 1.54) is 60.8 Å². The highest BCUT2D eigenvalue weighted by Gasteiger charge is 2.30. The monoisotopic (exact) mass is 722 g/mol. The number of aromatic nitrogens is 2. The van der Waals surface area contributed by atoms with Crippen molar-refractivity contribution in [3.8, 4) is 11.1 Å². The van der Waals surface area contributed by atoms with Gasteiger partial charge in [-0.05, 0) is 111 Å². The van der Waals surface area contributed by atoms with Gasteiger partial charge in [-0.15, -0.1) is 0 Å². The van der Waals surface area contributed by atoms with Gasteiger partial charge < -0.3 is 10.6 Å². The van der Waals surface area contributed by atoms with Gasteiger partial charge in [-0.25, -0.2) is 0 Å². The van der Waals surface area contributed by atoms with Crippen LogP contribution in [0.5, 0.6) is 0 Å². The van der Waals surface area contributed by atoms with Crippen molar-refractivity contribution in [2.45, 2.75) is 95.8 Å². The number of likely N-dealkylation sites (tertiary alicyclic amines) is 1. The van der Waals surface area contributed by atoms with Gasteiger partial charge in [0, 0.05) is 55.2 Å². The van der Waals surface area contributed by atoms with Crippen molar-refractivity contribution < 1.29 is 9.59 Å². The quantitative estimate of drug-likeness (QED) is 0.179. The van der Waals surface area contributed by atoms with Crippen molar-refractivity contribution in [3.63, 3.8) is 0 Å². The van der Waals surface area contributed by atoms with Gasteiger partial charge in [0.2, 0.25) is 0 Å². The van der Waals surface area contributed by atoms with E-state index >= 15 is 0 Å². The van der Waals surface area contributed by atoms with E-state index in [9.17, 15) is 9.59 Å². The van der Waals surface area contributed by atoms with E-state index in [0.717, 1.165) is 45.4 Å². The van der Waals surface area contributed by atoms with Gasteiger partial charge in [0.05, 0.1) is 21.4 Å². The number of halogens is 2. The van der Waals surface area contributed by atoms with Gasteiger partial charge in [0.1, 0.15) is 11.4 Å². The molecular formula is C41H44Cl2N6O2. The maximum absolute atomic E-state index is 13.6. The number of rotatable bonds is 9. The molecule has 1 atom stereocenters. The highest BCUT2D eigenvalue weighted by Crippen LogP contribution is 2.43. The Morgan fingerprint density at radius 1 is 0.784 bits per heavy atom. The van der Waals surface area contributed by atoms with Crippen LogP contribution >= 0.6 is 23.2 Å². The summed E-state index contributed by atoms with van der Waals surface area (Å²) in [6, 6.07) is 16.0. The Bertz CT molecular complexity index is 1980. The number of piperidine rings is 1. The maximum Gasteiger partial charge on any atom is 0.274 e. The van der Waals surface area contributed by atoms with Crippen LogP contribution < -0.4 is 10.6 Å². The molecular weight excluding hydrogens is 679 g/mol. The molecule has 0 unspecified atom stereocenters. The van der Waals surface area contributed by atoms with Gasteiger partial charge in [0.25, 0.3) is 11.8 Å². The lowest BCUT2D eigenvalue weighted by atomic mass is 9.89. The van der Waals surface area contributed by atoms with Crippen LogP contribution in [0.15, 0.2) is 60.9 Å². The summed E-state index contributed by atoms with van der Waals surface area (Å²) in [4.78, 5) is 41.2. The molecule has 0 radical (unpaired) electrons. The van der Waals surface area contributed by atoms with Crippen LogP contribution in [0.2, 0.25) is 10.0 Å². The molecule has 51 heavy (non-hydrogen) atoms. The third-order valence-corrected chi connectivity index (χ3v) is 12.1. The molecule has 2 aliphatic heterocycles. The van der Waals surface area contributed by atoms with Crippen LogP contribution in [-0.2, 0) is 19.5 Å². The summed E-state index contributed by atoms with van der Waals surface area (Å²) >= 11 is 13.9. The van der Waals surface area contributed by atoms with Crippen LogP contribution in [-0.4, -0.2) is 56.8 Å². The van der Waals surface area contributed by atoms with Gasteiger partial charge in [-0.1, -0.05) is 60.3 Å². The van der Waals surface area contributed by atoms with Crippen molar-refractivity contribution >= 4 is 46.4 Å². The molecule has 0 spiro atoms. The van der Waals surface area contributed by atoms with E-state index in [4.69, 9.17) is 23.2 Å². The Hall–Kier alpha value is -3.82. The Labute approximate surface area is 310 Å². The molecule has 2 aromatic carbocycles. The van der Waals surface area contributed by atoms with Crippen molar-refractivity contribution in [1.29, 1.82) is 0 Å². The average molecular weight is 724 g/mol. The molecule has 0 bridgehead atoms. The molecule has 8 rings (SSSR count). The summed E-state index contributed by atoms with van der Waals surface area (Å²) in [5, 5.41) is 6.65. The molecule has 2 amide bonds. The number of hydrogen-bond acceptors (Lipinski definition) is 6. The van der Waals surface area contributed by atoms with E-state index in [1.807, 2.05) is 48.8 Å². The molecule has 4 heterocycles. The average Bonchev–Trinajstić information content (AvgIpc) is 3.96. The smallest absolute Gasteiger partial charge is 0.274 e. The number of amides is 2. The van der Waals surface area contributed by atoms with Gasteiger partial charge >= 0.3 is 0 Å². The lowest BCUT2D eigenvalue weighted by Gasteiger charge is -2.40. The van der Waals surface area contributed by atoms with Crippen molar-refractivity contribution in [2.24, 2.45) is 0 Å². The maximum atomic E-state index is 13.6. The van der Waals surface area contributed by atoms with Crippen LogP contribution in [0.3, 0.4) is 0 Å². The summed E-state index contributed by atoms with van der Waals surface area (Å²) in [6.45, 7) is 6.19. The molecule has 2 aromatic heterocycles. The van der Waals surface area contributed by atoms with Gasteiger partial charge in [0.15, 0.2) is 0 Å². The number of pyridine rings is 2. The van der Waals surface area contributed by atoms with E-state index in [0.29, 0.717) is 61.9 Å². The number of carbonyl (C=O) groups is 2. The fraction of sp³-hybridized carbons (Fsp3) is 0.415. The molecule has 2 aliphatic carbocycles. The molecule has 4 aromatic rings. The molecule has 10 heteroatoms. The lowest BCUT2D eigenvalue weighted by Crippen LogP contribution is -2.43. The van der Waals surface area contributed by atoms with Crippen molar-refractivity contribution in [3.05, 3.63) is 105 Å². The number of fused-ring (bicyclic) bond motifs is 1. The normalized spacial score (nSPS) is 19.6. The second-order valence-corrected chi connectivity index (χ2v) is 15.5. The molecule has 4 aliphatic rings. The van der Waals surface area contributed by atoms with E-state index in [2.05, 4.69) is 37.3 Å². The number of nitrogens with one attached hydrogen (secondary N) is 2. The first-order valence-corrected chi connectivity index (χ1v) is 19.2. The minimum Gasteiger partial charge on any atom is -0.319 e. The Balaban J connectivity index is 0.971. The van der Waals surface area contributed by atoms with Crippen LogP contribution in [0, 0.1) is 0 Å². The van der Waals surface area contributed by atoms with E-state index in [-0.39, 0.29) is 11.8 Å². The number of benzene rings is 2. The second-order valence-electron chi connectivity index (χ2n) is 14.7. The first-order valence-electron chi connectivity index (χ1n) is 18.5. The topological polar surface area (TPSA) is 90.5 Å². The third-order valence-electron chi connectivity index (χ3n) is 11.3. The Morgan fingerprint density at radius 2 is 1.45 bits per heavy atom. The first-order chi connectivity index (χ1) is 24.8. The zero-order valence-electron chi connectivity index (χ0n) is 29.1. The predicted molar refractivity (Wildman–Crippen MR) is 204 cm³/mol.